The van der Waals surface area contributed by atoms with Gasteiger partial charge in [-0.3, -0.25) is 9.59 Å². The number of rotatable bonds is 6. The largest absolute Gasteiger partial charge is 0.490 e. The van der Waals surface area contributed by atoms with Gasteiger partial charge in [0.1, 0.15) is 16.9 Å². The van der Waals surface area contributed by atoms with Gasteiger partial charge in [-0.15, -0.1) is 11.3 Å². The Hall–Kier alpha value is -4.80. The van der Waals surface area contributed by atoms with Crippen molar-refractivity contribution in [2.75, 3.05) is 18.4 Å². The summed E-state index contributed by atoms with van der Waals surface area (Å²) >= 11 is 1.47. The minimum absolute atomic E-state index is 0.0548. The summed E-state index contributed by atoms with van der Waals surface area (Å²) in [5.41, 5.74) is 1.32. The molecular formula is C30H25F3N4O7S2. The molecule has 0 unspecified atom stereocenters. The third kappa shape index (κ3) is 7.35. The fraction of sp³-hybridized carbons (Fsp3) is 0.200. The van der Waals surface area contributed by atoms with Crippen LogP contribution in [0.1, 0.15) is 32.0 Å². The minimum Gasteiger partial charge on any atom is -0.489 e. The molecule has 6 rings (SSSR count). The smallest absolute Gasteiger partial charge is 0.489 e. The Balaban J connectivity index is 0.000000537. The van der Waals surface area contributed by atoms with Crippen molar-refractivity contribution < 1.29 is 45.8 Å². The van der Waals surface area contributed by atoms with Gasteiger partial charge in [0.05, 0.1) is 27.6 Å². The molecular weight excluding hydrogens is 649 g/mol. The number of carboxylic acids is 1. The minimum atomic E-state index is -5.08. The Labute approximate surface area is 264 Å². The summed E-state index contributed by atoms with van der Waals surface area (Å²) in [7, 11) is -3.93. The molecule has 1 fully saturated rings. The second kappa shape index (κ2) is 13.3. The highest BCUT2D eigenvalue weighted by atomic mass is 32.2. The van der Waals surface area contributed by atoms with Crippen LogP contribution in [0.4, 0.5) is 18.9 Å². The van der Waals surface area contributed by atoms with Crippen molar-refractivity contribution in [3.8, 4) is 16.3 Å². The lowest BCUT2D eigenvalue weighted by atomic mass is 10.1. The fourth-order valence-corrected chi connectivity index (χ4v) is 7.04. The van der Waals surface area contributed by atoms with Crippen LogP contribution in [-0.4, -0.2) is 61.7 Å². The molecule has 3 heterocycles. The zero-order valence-corrected chi connectivity index (χ0v) is 25.3. The Morgan fingerprint density at radius 2 is 1.78 bits per heavy atom. The summed E-state index contributed by atoms with van der Waals surface area (Å²) < 4.78 is 64.0. The quantitative estimate of drug-likeness (QED) is 0.230. The number of alkyl halides is 3. The van der Waals surface area contributed by atoms with Crippen molar-refractivity contribution >= 4 is 44.6 Å². The molecule has 4 aromatic rings. The van der Waals surface area contributed by atoms with Gasteiger partial charge in [0, 0.05) is 28.7 Å². The highest BCUT2D eigenvalue weighted by molar-refractivity contribution is 7.91. The van der Waals surface area contributed by atoms with E-state index in [4.69, 9.17) is 14.6 Å². The maximum absolute atomic E-state index is 13.2. The number of fused-ring (bicyclic) bond motifs is 2. The van der Waals surface area contributed by atoms with Crippen molar-refractivity contribution in [2.24, 2.45) is 0 Å². The van der Waals surface area contributed by atoms with Crippen molar-refractivity contribution in [1.29, 1.82) is 0 Å². The van der Waals surface area contributed by atoms with Gasteiger partial charge in [0.25, 0.3) is 11.8 Å². The number of carboxylic acid groups (broad SMARTS) is 1. The predicted molar refractivity (Wildman–Crippen MR) is 161 cm³/mol. The summed E-state index contributed by atoms with van der Waals surface area (Å²) in [6.07, 6.45) is -2.17. The topological polar surface area (TPSA) is 164 Å². The number of nitrogens with one attached hydrogen (secondary N) is 3. The number of hydrogen-bond acceptors (Lipinski definition) is 9. The number of thiazole rings is 1. The normalized spacial score (nSPS) is 16.5. The predicted octanol–water partition coefficient (Wildman–Crippen LogP) is 4.51. The number of benzene rings is 3. The number of amides is 2. The van der Waals surface area contributed by atoms with Crippen LogP contribution in [0, 0.1) is 0 Å². The first-order chi connectivity index (χ1) is 21.8. The Morgan fingerprint density at radius 3 is 2.46 bits per heavy atom. The van der Waals surface area contributed by atoms with Crippen molar-refractivity contribution in [3.05, 3.63) is 88.9 Å². The van der Waals surface area contributed by atoms with Gasteiger partial charge in [-0.25, -0.2) is 18.2 Å². The summed E-state index contributed by atoms with van der Waals surface area (Å²) in [5, 5.41) is 16.7. The van der Waals surface area contributed by atoms with Crippen LogP contribution in [0.2, 0.25) is 0 Å². The molecule has 1 saturated heterocycles. The maximum atomic E-state index is 13.2. The summed E-state index contributed by atoms with van der Waals surface area (Å²) in [6, 6.07) is 18.0. The molecule has 11 nitrogen and oxygen atoms in total. The standard InChI is InChI=1S/C28H24N4O5S2.C2HF3O2/c33-26(18-7-10-25-23(13-18)32-27(34)22-3-1-2-4-24(22)39(25,35)36)30-15-21-16-31-28(38-21)17-5-8-19(9-6-17)37-20-11-12-29-14-20;3-2(4,5)1(6)7/h1-10,13,16,20,29H,11-12,14-15H2,(H,30,33)(H,32,34);(H,6,7)/t20-;/m0./s1. The van der Waals surface area contributed by atoms with Gasteiger partial charge < -0.3 is 25.8 Å². The first kappa shape index (κ1) is 32.6. The van der Waals surface area contributed by atoms with Gasteiger partial charge in [-0.1, -0.05) is 12.1 Å². The number of anilines is 1. The number of halogens is 3. The van der Waals surface area contributed by atoms with Crippen LogP contribution >= 0.6 is 11.3 Å². The number of aliphatic carboxylic acids is 1. The SMILES string of the molecule is O=C(NCc1cnc(-c2ccc(O[C@H]3CCNC3)cc2)s1)c1ccc2c(c1)NC(=O)c1ccccc1S2(=O)=O.O=C(O)C(F)(F)F. The zero-order chi connectivity index (χ0) is 33.1. The summed E-state index contributed by atoms with van der Waals surface area (Å²) in [6.45, 7) is 2.08. The molecule has 0 spiro atoms. The van der Waals surface area contributed by atoms with E-state index in [1.165, 1.54) is 41.7 Å². The molecule has 46 heavy (non-hydrogen) atoms. The number of sulfone groups is 1. The Bertz CT molecular complexity index is 1890. The number of aromatic nitrogens is 1. The van der Waals surface area contributed by atoms with Gasteiger partial charge in [0.2, 0.25) is 9.84 Å². The van der Waals surface area contributed by atoms with Crippen LogP contribution in [0.25, 0.3) is 10.6 Å². The summed E-state index contributed by atoms with van der Waals surface area (Å²) in [5.74, 6) is -2.88. The molecule has 0 radical (unpaired) electrons. The van der Waals surface area contributed by atoms with Crippen LogP contribution < -0.4 is 20.7 Å². The van der Waals surface area contributed by atoms with E-state index in [9.17, 15) is 31.2 Å². The van der Waals surface area contributed by atoms with E-state index in [2.05, 4.69) is 20.9 Å². The first-order valence-corrected chi connectivity index (χ1v) is 15.9. The maximum Gasteiger partial charge on any atom is 0.490 e. The number of carbonyl (C=O) groups is 3. The molecule has 240 valence electrons. The molecule has 16 heteroatoms. The van der Waals surface area contributed by atoms with Crippen molar-refractivity contribution in [2.45, 2.75) is 35.0 Å². The molecule has 0 bridgehead atoms. The molecule has 2 aliphatic rings. The van der Waals surface area contributed by atoms with E-state index in [-0.39, 0.29) is 39.3 Å². The molecule has 1 atom stereocenters. The van der Waals surface area contributed by atoms with E-state index >= 15 is 0 Å². The molecule has 2 amide bonds. The van der Waals surface area contributed by atoms with Crippen LogP contribution in [0.15, 0.2) is 82.7 Å². The van der Waals surface area contributed by atoms with Gasteiger partial charge in [-0.2, -0.15) is 13.2 Å². The molecule has 2 aliphatic heterocycles. The monoisotopic (exact) mass is 674 g/mol. The average molecular weight is 675 g/mol. The highest BCUT2D eigenvalue weighted by Gasteiger charge is 2.38. The lowest BCUT2D eigenvalue weighted by molar-refractivity contribution is -0.192. The molecule has 3 aromatic carbocycles. The second-order valence-electron chi connectivity index (χ2n) is 10.0. The van der Waals surface area contributed by atoms with E-state index in [1.54, 1.807) is 18.3 Å². The van der Waals surface area contributed by atoms with Gasteiger partial charge in [-0.05, 0) is 67.6 Å². The molecule has 0 aliphatic carbocycles. The van der Waals surface area contributed by atoms with Gasteiger partial charge >= 0.3 is 12.1 Å². The van der Waals surface area contributed by atoms with Crippen molar-refractivity contribution in [3.63, 3.8) is 0 Å². The Morgan fingerprint density at radius 1 is 1.07 bits per heavy atom. The average Bonchev–Trinajstić information content (AvgIpc) is 3.71. The third-order valence-corrected chi connectivity index (χ3v) is 9.76. The van der Waals surface area contributed by atoms with Crippen LogP contribution in [0.3, 0.4) is 0 Å². The first-order valence-electron chi connectivity index (χ1n) is 13.6. The number of carbonyl (C=O) groups excluding carboxylic acids is 2. The number of ether oxygens (including phenoxy) is 1. The van der Waals surface area contributed by atoms with E-state index < -0.39 is 33.8 Å². The lowest BCUT2D eigenvalue weighted by Crippen LogP contribution is -2.22. The number of nitrogens with zero attached hydrogens (tertiary/aromatic N) is 1. The molecule has 0 saturated carbocycles. The molecule has 1 aromatic heterocycles. The van der Waals surface area contributed by atoms with Crippen LogP contribution in [0.5, 0.6) is 5.75 Å². The zero-order valence-electron chi connectivity index (χ0n) is 23.6. The van der Waals surface area contributed by atoms with E-state index in [0.717, 1.165) is 40.7 Å². The van der Waals surface area contributed by atoms with Gasteiger partial charge in [0.15, 0.2) is 0 Å². The fourth-order valence-electron chi connectivity index (χ4n) is 4.59. The summed E-state index contributed by atoms with van der Waals surface area (Å²) in [4.78, 5) is 39.7. The number of hydrogen-bond donors (Lipinski definition) is 4. The van der Waals surface area contributed by atoms with E-state index in [0.29, 0.717) is 0 Å². The van der Waals surface area contributed by atoms with Crippen molar-refractivity contribution in [1.82, 2.24) is 15.6 Å². The third-order valence-electron chi connectivity index (χ3n) is 6.84. The lowest BCUT2D eigenvalue weighted by Gasteiger charge is -2.12. The highest BCUT2D eigenvalue weighted by Crippen LogP contribution is 2.34. The molecule has 4 N–H and O–H groups in total. The van der Waals surface area contributed by atoms with E-state index in [1.807, 2.05) is 24.3 Å². The Kier molecular flexibility index (Phi) is 9.41. The second-order valence-corrected chi connectivity index (χ2v) is 13.0. The van der Waals surface area contributed by atoms with Crippen LogP contribution in [-0.2, 0) is 21.2 Å².